The number of urea groups is 1. The minimum atomic E-state index is -0.433. The molecule has 4 nitrogen and oxygen atoms in total. The number of nitrogens with two attached hydrogens (primary N) is 1. The lowest BCUT2D eigenvalue weighted by Crippen LogP contribution is -2.20. The van der Waals surface area contributed by atoms with Crippen molar-refractivity contribution in [3.05, 3.63) is 64.6 Å². The summed E-state index contributed by atoms with van der Waals surface area (Å²) in [5.41, 5.74) is 7.17. The lowest BCUT2D eigenvalue weighted by atomic mass is 10.1. The molecule has 2 amide bonds. The lowest BCUT2D eigenvalue weighted by Gasteiger charge is -2.13. The van der Waals surface area contributed by atoms with Gasteiger partial charge in [-0.05, 0) is 23.6 Å². The Morgan fingerprint density at radius 1 is 0.957 bits per heavy atom. The molecule has 0 saturated carbocycles. The van der Waals surface area contributed by atoms with Gasteiger partial charge in [-0.2, -0.15) is 0 Å². The van der Waals surface area contributed by atoms with Crippen LogP contribution < -0.4 is 16.4 Å². The number of nitrogens with one attached hydrogen (secondary N) is 2. The number of carbonyl (C=O) groups excluding carboxylic acids is 1. The van der Waals surface area contributed by atoms with Crippen molar-refractivity contribution in [2.75, 3.05) is 16.4 Å². The molecule has 0 fully saturated rings. The van der Waals surface area contributed by atoms with Gasteiger partial charge in [0.2, 0.25) is 0 Å². The van der Waals surface area contributed by atoms with Crippen LogP contribution in [-0.2, 0) is 0 Å². The summed E-state index contributed by atoms with van der Waals surface area (Å²) in [6, 6.07) is 16.1. The van der Waals surface area contributed by atoms with Gasteiger partial charge in [0, 0.05) is 10.4 Å². The van der Waals surface area contributed by atoms with E-state index in [1.165, 1.54) is 12.1 Å². The summed E-state index contributed by atoms with van der Waals surface area (Å²) in [4.78, 5) is 12.2. The van der Waals surface area contributed by atoms with Crippen LogP contribution >= 0.6 is 23.2 Å². The van der Waals surface area contributed by atoms with Gasteiger partial charge in [-0.3, -0.25) is 0 Å². The highest BCUT2D eigenvalue weighted by molar-refractivity contribution is 6.37. The topological polar surface area (TPSA) is 67.1 Å². The minimum absolute atomic E-state index is 0.281. The number of amides is 2. The number of anilines is 3. The standard InChI is InChI=1S/C17H13Cl2N3O/c18-11-8-13(19)16(14(20)9-11)22-17(23)21-15-7-3-5-10-4-1-2-6-12(10)15/h1-9H,20H2,(H2,21,22,23). The predicted octanol–water partition coefficient (Wildman–Crippen LogP) is 5.37. The van der Waals surface area contributed by atoms with Gasteiger partial charge in [0.15, 0.2) is 0 Å². The zero-order chi connectivity index (χ0) is 16.4. The summed E-state index contributed by atoms with van der Waals surface area (Å²) < 4.78 is 0. The molecule has 3 aromatic rings. The van der Waals surface area contributed by atoms with Crippen LogP contribution in [0.4, 0.5) is 21.9 Å². The van der Waals surface area contributed by atoms with Gasteiger partial charge >= 0.3 is 6.03 Å². The minimum Gasteiger partial charge on any atom is -0.397 e. The van der Waals surface area contributed by atoms with E-state index in [9.17, 15) is 4.79 Å². The molecule has 3 aromatic carbocycles. The molecule has 0 radical (unpaired) electrons. The highest BCUT2D eigenvalue weighted by atomic mass is 35.5. The fourth-order valence-electron chi connectivity index (χ4n) is 2.33. The fraction of sp³-hybridized carbons (Fsp3) is 0. The Morgan fingerprint density at radius 2 is 1.70 bits per heavy atom. The molecular formula is C17H13Cl2N3O. The van der Waals surface area contributed by atoms with E-state index < -0.39 is 6.03 Å². The molecule has 0 spiro atoms. The van der Waals surface area contributed by atoms with Gasteiger partial charge < -0.3 is 16.4 Å². The first kappa shape index (κ1) is 15.5. The van der Waals surface area contributed by atoms with Gasteiger partial charge in [0.05, 0.1) is 22.1 Å². The maximum atomic E-state index is 12.2. The van der Waals surface area contributed by atoms with E-state index in [-0.39, 0.29) is 5.02 Å². The van der Waals surface area contributed by atoms with Crippen LogP contribution in [0.3, 0.4) is 0 Å². The summed E-state index contributed by atoms with van der Waals surface area (Å²) in [6.45, 7) is 0. The van der Waals surface area contributed by atoms with Gasteiger partial charge in [-0.25, -0.2) is 4.79 Å². The van der Waals surface area contributed by atoms with E-state index in [0.29, 0.717) is 22.1 Å². The van der Waals surface area contributed by atoms with Crippen molar-refractivity contribution >= 4 is 57.1 Å². The van der Waals surface area contributed by atoms with Crippen LogP contribution in [0.1, 0.15) is 0 Å². The number of benzene rings is 3. The smallest absolute Gasteiger partial charge is 0.323 e. The van der Waals surface area contributed by atoms with Crippen molar-refractivity contribution in [3.63, 3.8) is 0 Å². The molecule has 3 rings (SSSR count). The molecule has 0 saturated heterocycles. The number of nitrogen functional groups attached to an aromatic ring is 1. The second kappa shape index (κ2) is 6.36. The number of hydrogen-bond acceptors (Lipinski definition) is 2. The molecule has 116 valence electrons. The van der Waals surface area contributed by atoms with Crippen LogP contribution in [0.15, 0.2) is 54.6 Å². The summed E-state index contributed by atoms with van der Waals surface area (Å²) in [5.74, 6) is 0. The van der Waals surface area contributed by atoms with Crippen molar-refractivity contribution in [2.24, 2.45) is 0 Å². The third kappa shape index (κ3) is 3.33. The van der Waals surface area contributed by atoms with E-state index in [4.69, 9.17) is 28.9 Å². The van der Waals surface area contributed by atoms with Crippen LogP contribution in [0.25, 0.3) is 10.8 Å². The Kier molecular flexibility index (Phi) is 4.28. The molecular weight excluding hydrogens is 333 g/mol. The molecule has 0 aliphatic carbocycles. The number of rotatable bonds is 2. The van der Waals surface area contributed by atoms with Crippen molar-refractivity contribution in [1.29, 1.82) is 0 Å². The monoisotopic (exact) mass is 345 g/mol. The van der Waals surface area contributed by atoms with Crippen LogP contribution in [0.5, 0.6) is 0 Å². The average molecular weight is 346 g/mol. The van der Waals surface area contributed by atoms with Crippen LogP contribution in [-0.4, -0.2) is 6.03 Å². The maximum Gasteiger partial charge on any atom is 0.323 e. The number of hydrogen-bond donors (Lipinski definition) is 3. The molecule has 0 aromatic heterocycles. The second-order valence-electron chi connectivity index (χ2n) is 4.96. The Hall–Kier alpha value is -2.43. The van der Waals surface area contributed by atoms with Crippen molar-refractivity contribution in [3.8, 4) is 0 Å². The second-order valence-corrected chi connectivity index (χ2v) is 5.80. The van der Waals surface area contributed by atoms with E-state index in [1.807, 2.05) is 42.5 Å². The van der Waals surface area contributed by atoms with Crippen molar-refractivity contribution < 1.29 is 4.79 Å². The molecule has 4 N–H and O–H groups in total. The SMILES string of the molecule is Nc1cc(Cl)cc(Cl)c1NC(=O)Nc1cccc2ccccc12. The third-order valence-electron chi connectivity index (χ3n) is 3.36. The number of halogens is 2. The Labute approximate surface area is 143 Å². The summed E-state index contributed by atoms with van der Waals surface area (Å²) in [5, 5.41) is 8.13. The van der Waals surface area contributed by atoms with E-state index in [1.54, 1.807) is 0 Å². The zero-order valence-corrected chi connectivity index (χ0v) is 13.4. The van der Waals surface area contributed by atoms with Crippen molar-refractivity contribution in [2.45, 2.75) is 0 Å². The molecule has 6 heteroatoms. The fourth-order valence-corrected chi connectivity index (χ4v) is 2.88. The van der Waals surface area contributed by atoms with E-state index in [2.05, 4.69) is 10.6 Å². The Morgan fingerprint density at radius 3 is 2.48 bits per heavy atom. The lowest BCUT2D eigenvalue weighted by molar-refractivity contribution is 0.262. The molecule has 0 aliphatic rings. The first-order chi connectivity index (χ1) is 11.0. The first-order valence-electron chi connectivity index (χ1n) is 6.85. The highest BCUT2D eigenvalue weighted by Gasteiger charge is 2.11. The molecule has 23 heavy (non-hydrogen) atoms. The summed E-state index contributed by atoms with van der Waals surface area (Å²) >= 11 is 11.9. The Balaban J connectivity index is 1.85. The predicted molar refractivity (Wildman–Crippen MR) is 97.5 cm³/mol. The molecule has 0 atom stereocenters. The van der Waals surface area contributed by atoms with Gasteiger partial charge in [0.1, 0.15) is 0 Å². The molecule has 0 bridgehead atoms. The summed E-state index contributed by atoms with van der Waals surface area (Å²) in [6.07, 6.45) is 0. The van der Waals surface area contributed by atoms with Crippen LogP contribution in [0.2, 0.25) is 10.0 Å². The van der Waals surface area contributed by atoms with Gasteiger partial charge in [0.25, 0.3) is 0 Å². The van der Waals surface area contributed by atoms with Crippen molar-refractivity contribution in [1.82, 2.24) is 0 Å². The first-order valence-corrected chi connectivity index (χ1v) is 7.60. The number of fused-ring (bicyclic) bond motifs is 1. The molecule has 0 aliphatic heterocycles. The van der Waals surface area contributed by atoms with Gasteiger partial charge in [-0.1, -0.05) is 59.6 Å². The average Bonchev–Trinajstić information content (AvgIpc) is 2.51. The Bertz CT molecular complexity index is 868. The van der Waals surface area contributed by atoms with Crippen LogP contribution in [0, 0.1) is 0 Å². The summed E-state index contributed by atoms with van der Waals surface area (Å²) in [7, 11) is 0. The van der Waals surface area contributed by atoms with E-state index >= 15 is 0 Å². The largest absolute Gasteiger partial charge is 0.397 e. The normalized spacial score (nSPS) is 10.5. The molecule has 0 heterocycles. The maximum absolute atomic E-state index is 12.2. The molecule has 0 unspecified atom stereocenters. The zero-order valence-electron chi connectivity index (χ0n) is 11.9. The highest BCUT2D eigenvalue weighted by Crippen LogP contribution is 2.32. The third-order valence-corrected chi connectivity index (χ3v) is 3.88. The van der Waals surface area contributed by atoms with Gasteiger partial charge in [-0.15, -0.1) is 0 Å². The quantitative estimate of drug-likeness (QED) is 0.546. The van der Waals surface area contributed by atoms with E-state index in [0.717, 1.165) is 10.8 Å². The number of carbonyl (C=O) groups is 1.